The maximum absolute atomic E-state index is 13.1. The zero-order valence-corrected chi connectivity index (χ0v) is 16.7. The summed E-state index contributed by atoms with van der Waals surface area (Å²) in [7, 11) is -2.53. The number of H-pyrrole nitrogens is 1. The lowest BCUT2D eigenvalue weighted by atomic mass is 9.90. The van der Waals surface area contributed by atoms with Crippen LogP contribution in [0.15, 0.2) is 34.1 Å². The standard InChI is InChI=1S/C18H19N3O5S2/c1-26-15-14(17(22)23)10-27-18(15)28(24,25)21-7-4-11(5-8-21)13-9-20-16-12(13)3-2-6-19-16/h2-3,6,9-11H,4-5,7-8H2,1H3,(H,19,20)(H,22,23). The van der Waals surface area contributed by atoms with E-state index in [2.05, 4.69) is 9.97 Å². The quantitative estimate of drug-likeness (QED) is 0.655. The molecule has 0 amide bonds. The minimum Gasteiger partial charge on any atom is -0.494 e. The number of rotatable bonds is 5. The van der Waals surface area contributed by atoms with Gasteiger partial charge in [0, 0.05) is 36.2 Å². The van der Waals surface area contributed by atoms with Crippen LogP contribution in [-0.4, -0.2) is 54.0 Å². The zero-order valence-electron chi connectivity index (χ0n) is 15.1. The van der Waals surface area contributed by atoms with E-state index in [9.17, 15) is 18.3 Å². The number of sulfonamides is 1. The van der Waals surface area contributed by atoms with Gasteiger partial charge in [0.15, 0.2) is 9.96 Å². The van der Waals surface area contributed by atoms with Crippen molar-refractivity contribution in [1.82, 2.24) is 14.3 Å². The third-order valence-electron chi connectivity index (χ3n) is 5.10. The van der Waals surface area contributed by atoms with Gasteiger partial charge in [0.2, 0.25) is 0 Å². The molecule has 0 saturated carbocycles. The van der Waals surface area contributed by atoms with Crippen LogP contribution < -0.4 is 4.74 Å². The van der Waals surface area contributed by atoms with Crippen LogP contribution in [0.1, 0.15) is 34.7 Å². The summed E-state index contributed by atoms with van der Waals surface area (Å²) in [4.78, 5) is 18.8. The third kappa shape index (κ3) is 3.07. The van der Waals surface area contributed by atoms with E-state index in [1.807, 2.05) is 18.3 Å². The fourth-order valence-corrected chi connectivity index (χ4v) is 6.72. The van der Waals surface area contributed by atoms with E-state index in [1.165, 1.54) is 16.8 Å². The number of carboxylic acid groups (broad SMARTS) is 1. The number of pyridine rings is 1. The summed E-state index contributed by atoms with van der Waals surface area (Å²) in [6.45, 7) is 0.729. The van der Waals surface area contributed by atoms with Crippen LogP contribution in [0.25, 0.3) is 11.0 Å². The average Bonchev–Trinajstić information content (AvgIpc) is 3.32. The number of hydrogen-bond acceptors (Lipinski definition) is 6. The molecule has 0 spiro atoms. The molecule has 1 aliphatic rings. The van der Waals surface area contributed by atoms with Gasteiger partial charge in [-0.25, -0.2) is 18.2 Å². The number of carbonyl (C=O) groups is 1. The Morgan fingerprint density at radius 1 is 1.39 bits per heavy atom. The number of carboxylic acids is 1. The van der Waals surface area contributed by atoms with Gasteiger partial charge in [0.25, 0.3) is 10.0 Å². The first-order chi connectivity index (χ1) is 13.4. The first-order valence-electron chi connectivity index (χ1n) is 8.74. The summed E-state index contributed by atoms with van der Waals surface area (Å²) >= 11 is 0.881. The highest BCUT2D eigenvalue weighted by Crippen LogP contribution is 2.39. The molecule has 0 radical (unpaired) electrons. The number of nitrogens with zero attached hydrogens (tertiary/aromatic N) is 2. The lowest BCUT2D eigenvalue weighted by Crippen LogP contribution is -2.37. The van der Waals surface area contributed by atoms with Crippen molar-refractivity contribution in [2.45, 2.75) is 23.0 Å². The van der Waals surface area contributed by atoms with E-state index in [1.54, 1.807) is 6.20 Å². The molecule has 0 aliphatic carbocycles. The first-order valence-corrected chi connectivity index (χ1v) is 11.1. The van der Waals surface area contributed by atoms with Crippen molar-refractivity contribution in [2.75, 3.05) is 20.2 Å². The smallest absolute Gasteiger partial charge is 0.340 e. The van der Waals surface area contributed by atoms with Gasteiger partial charge in [0.1, 0.15) is 11.2 Å². The van der Waals surface area contributed by atoms with Crippen LogP contribution in [-0.2, 0) is 10.0 Å². The van der Waals surface area contributed by atoms with E-state index in [0.29, 0.717) is 25.9 Å². The second kappa shape index (κ2) is 7.19. The fraction of sp³-hybridized carbons (Fsp3) is 0.333. The van der Waals surface area contributed by atoms with Crippen LogP contribution in [0.4, 0.5) is 0 Å². The van der Waals surface area contributed by atoms with Crippen molar-refractivity contribution in [3.05, 3.63) is 41.0 Å². The van der Waals surface area contributed by atoms with Crippen LogP contribution in [0.3, 0.4) is 0 Å². The highest BCUT2D eigenvalue weighted by molar-refractivity contribution is 7.91. The summed E-state index contributed by atoms with van der Waals surface area (Å²) in [5.74, 6) is -1.06. The molecule has 3 aromatic heterocycles. The SMILES string of the molecule is COc1c(C(=O)O)csc1S(=O)(=O)N1CCC(c2c[nH]c3ncccc23)CC1. The molecular formula is C18H19N3O5S2. The third-order valence-corrected chi connectivity index (χ3v) is 8.47. The summed E-state index contributed by atoms with van der Waals surface area (Å²) in [6, 6.07) is 3.91. The number of aromatic carboxylic acids is 1. The number of aromatic amines is 1. The van der Waals surface area contributed by atoms with Crippen molar-refractivity contribution < 1.29 is 23.1 Å². The molecule has 4 rings (SSSR count). The summed E-state index contributed by atoms with van der Waals surface area (Å²) in [5, 5.41) is 11.6. The topological polar surface area (TPSA) is 113 Å². The molecule has 1 aliphatic heterocycles. The van der Waals surface area contributed by atoms with Gasteiger partial charge >= 0.3 is 5.97 Å². The second-order valence-corrected chi connectivity index (χ2v) is 9.61. The Labute approximate surface area is 165 Å². The number of fused-ring (bicyclic) bond motifs is 1. The molecular weight excluding hydrogens is 402 g/mol. The molecule has 1 saturated heterocycles. The van der Waals surface area contributed by atoms with E-state index >= 15 is 0 Å². The van der Waals surface area contributed by atoms with Gasteiger partial charge in [-0.1, -0.05) is 0 Å². The van der Waals surface area contributed by atoms with Crippen LogP contribution >= 0.6 is 11.3 Å². The number of thiophene rings is 1. The van der Waals surface area contributed by atoms with Gasteiger partial charge < -0.3 is 14.8 Å². The molecule has 0 unspecified atom stereocenters. The molecule has 0 aromatic carbocycles. The molecule has 4 heterocycles. The minimum atomic E-state index is -3.81. The largest absolute Gasteiger partial charge is 0.494 e. The summed E-state index contributed by atoms with van der Waals surface area (Å²) in [6.07, 6.45) is 5.05. The molecule has 2 N–H and O–H groups in total. The van der Waals surface area contributed by atoms with Crippen molar-refractivity contribution in [1.29, 1.82) is 0 Å². The molecule has 3 aromatic rings. The van der Waals surface area contributed by atoms with Gasteiger partial charge in [-0.05, 0) is 36.5 Å². The van der Waals surface area contributed by atoms with E-state index in [4.69, 9.17) is 4.74 Å². The van der Waals surface area contributed by atoms with Crippen molar-refractivity contribution >= 4 is 38.4 Å². The van der Waals surface area contributed by atoms with Gasteiger partial charge in [-0.15, -0.1) is 11.3 Å². The molecule has 0 atom stereocenters. The molecule has 1 fully saturated rings. The monoisotopic (exact) mass is 421 g/mol. The Hall–Kier alpha value is -2.43. The maximum Gasteiger partial charge on any atom is 0.340 e. The van der Waals surface area contributed by atoms with E-state index < -0.39 is 16.0 Å². The summed E-state index contributed by atoms with van der Waals surface area (Å²) < 4.78 is 32.6. The number of piperidine rings is 1. The predicted molar refractivity (Wildman–Crippen MR) is 105 cm³/mol. The minimum absolute atomic E-state index is 0.0536. The molecule has 28 heavy (non-hydrogen) atoms. The zero-order chi connectivity index (χ0) is 19.9. The van der Waals surface area contributed by atoms with Crippen LogP contribution in [0, 0.1) is 0 Å². The lowest BCUT2D eigenvalue weighted by molar-refractivity contribution is 0.0693. The highest BCUT2D eigenvalue weighted by atomic mass is 32.2. The van der Waals surface area contributed by atoms with E-state index in [-0.39, 0.29) is 21.4 Å². The Bertz CT molecular complexity index is 1130. The number of nitrogens with one attached hydrogen (secondary N) is 1. The Morgan fingerprint density at radius 3 is 2.82 bits per heavy atom. The summed E-state index contributed by atoms with van der Waals surface area (Å²) in [5.41, 5.74) is 1.85. The molecule has 10 heteroatoms. The average molecular weight is 422 g/mol. The van der Waals surface area contributed by atoms with E-state index in [0.717, 1.165) is 27.9 Å². The Kier molecular flexibility index (Phi) is 4.86. The van der Waals surface area contributed by atoms with Crippen molar-refractivity contribution in [2.24, 2.45) is 0 Å². The highest BCUT2D eigenvalue weighted by Gasteiger charge is 2.35. The van der Waals surface area contributed by atoms with Gasteiger partial charge in [-0.3, -0.25) is 0 Å². The molecule has 8 nitrogen and oxygen atoms in total. The van der Waals surface area contributed by atoms with Gasteiger partial charge in [-0.2, -0.15) is 4.31 Å². The van der Waals surface area contributed by atoms with Crippen molar-refractivity contribution in [3.63, 3.8) is 0 Å². The first kappa shape index (κ1) is 18.9. The van der Waals surface area contributed by atoms with Gasteiger partial charge in [0.05, 0.1) is 7.11 Å². The molecule has 0 bridgehead atoms. The number of methoxy groups -OCH3 is 1. The Morgan fingerprint density at radius 2 is 2.14 bits per heavy atom. The Balaban J connectivity index is 1.56. The fourth-order valence-electron chi connectivity index (χ4n) is 3.69. The number of hydrogen-bond donors (Lipinski definition) is 2. The van der Waals surface area contributed by atoms with Crippen LogP contribution in [0.5, 0.6) is 5.75 Å². The number of aromatic nitrogens is 2. The maximum atomic E-state index is 13.1. The lowest BCUT2D eigenvalue weighted by Gasteiger charge is -2.31. The van der Waals surface area contributed by atoms with Crippen LogP contribution in [0.2, 0.25) is 0 Å². The predicted octanol–water partition coefficient (Wildman–Crippen LogP) is 2.90. The molecule has 148 valence electrons. The second-order valence-electron chi connectivity index (χ2n) is 6.60. The van der Waals surface area contributed by atoms with Crippen molar-refractivity contribution in [3.8, 4) is 5.75 Å². The normalized spacial score (nSPS) is 16.5. The number of ether oxygens (including phenoxy) is 1.